The molecule has 2 nitrogen and oxygen atoms in total. The molecule has 0 fully saturated rings. The number of halogens is 2. The normalized spacial score (nSPS) is 12.6. The van der Waals surface area contributed by atoms with Gasteiger partial charge in [0.1, 0.15) is 5.82 Å². The Kier molecular flexibility index (Phi) is 4.54. The van der Waals surface area contributed by atoms with E-state index in [1.807, 2.05) is 13.8 Å². The molecular formula is C11H15BrFNO. The molecule has 0 aliphatic heterocycles. The fraction of sp³-hybridized carbons (Fsp3) is 0.455. The molecule has 0 aliphatic rings. The molecule has 0 heterocycles. The van der Waals surface area contributed by atoms with Crippen LogP contribution in [0.4, 0.5) is 10.1 Å². The van der Waals surface area contributed by atoms with Gasteiger partial charge in [0.15, 0.2) is 0 Å². The molecule has 0 aliphatic carbocycles. The third-order valence-corrected chi connectivity index (χ3v) is 2.83. The van der Waals surface area contributed by atoms with E-state index in [1.165, 1.54) is 6.07 Å². The van der Waals surface area contributed by atoms with Crippen molar-refractivity contribution in [2.75, 3.05) is 18.5 Å². The molecule has 0 saturated carbocycles. The zero-order valence-corrected chi connectivity index (χ0v) is 10.4. The van der Waals surface area contributed by atoms with Crippen LogP contribution in [0.1, 0.15) is 12.5 Å². The molecule has 0 radical (unpaired) electrons. The molecule has 0 bridgehead atoms. The average molecular weight is 276 g/mol. The standard InChI is InChI=1S/C11H15BrFNO/c1-7(6-15)5-14-11-4-10(13)9(12)3-8(11)2/h3-4,7,14-15H,5-6H2,1-2H3. The van der Waals surface area contributed by atoms with Gasteiger partial charge in [-0.2, -0.15) is 0 Å². The molecule has 0 saturated heterocycles. The molecule has 4 heteroatoms. The number of anilines is 1. The largest absolute Gasteiger partial charge is 0.396 e. The van der Waals surface area contributed by atoms with Gasteiger partial charge in [0.05, 0.1) is 4.47 Å². The Balaban J connectivity index is 2.73. The maximum absolute atomic E-state index is 13.2. The van der Waals surface area contributed by atoms with Crippen LogP contribution < -0.4 is 5.32 Å². The summed E-state index contributed by atoms with van der Waals surface area (Å²) in [5.74, 6) is -0.115. The number of hydrogen-bond donors (Lipinski definition) is 2. The third-order valence-electron chi connectivity index (χ3n) is 2.22. The number of aliphatic hydroxyl groups excluding tert-OH is 1. The van der Waals surface area contributed by atoms with Crippen molar-refractivity contribution in [1.29, 1.82) is 0 Å². The topological polar surface area (TPSA) is 32.3 Å². The van der Waals surface area contributed by atoms with Crippen molar-refractivity contribution >= 4 is 21.6 Å². The van der Waals surface area contributed by atoms with Crippen molar-refractivity contribution in [2.45, 2.75) is 13.8 Å². The fourth-order valence-electron chi connectivity index (χ4n) is 1.19. The summed E-state index contributed by atoms with van der Waals surface area (Å²) in [6.07, 6.45) is 0. The quantitative estimate of drug-likeness (QED) is 0.886. The number of aliphatic hydroxyl groups is 1. The summed E-state index contributed by atoms with van der Waals surface area (Å²) < 4.78 is 13.7. The maximum atomic E-state index is 13.2. The molecule has 0 aromatic heterocycles. The monoisotopic (exact) mass is 275 g/mol. The van der Waals surface area contributed by atoms with Gasteiger partial charge >= 0.3 is 0 Å². The van der Waals surface area contributed by atoms with E-state index in [0.29, 0.717) is 11.0 Å². The number of nitrogens with one attached hydrogen (secondary N) is 1. The third kappa shape index (κ3) is 3.47. The zero-order chi connectivity index (χ0) is 11.4. The Morgan fingerprint density at radius 2 is 2.20 bits per heavy atom. The highest BCUT2D eigenvalue weighted by Crippen LogP contribution is 2.23. The molecule has 1 unspecified atom stereocenters. The number of aryl methyl sites for hydroxylation is 1. The van der Waals surface area contributed by atoms with E-state index in [0.717, 1.165) is 11.3 Å². The van der Waals surface area contributed by atoms with Crippen molar-refractivity contribution in [3.8, 4) is 0 Å². The van der Waals surface area contributed by atoms with Crippen molar-refractivity contribution in [3.05, 3.63) is 28.0 Å². The lowest BCUT2D eigenvalue weighted by Gasteiger charge is -2.13. The first-order chi connectivity index (χ1) is 7.04. The minimum absolute atomic E-state index is 0.130. The molecule has 2 N–H and O–H groups in total. The van der Waals surface area contributed by atoms with Gasteiger partial charge < -0.3 is 10.4 Å². The Morgan fingerprint density at radius 3 is 2.80 bits per heavy atom. The predicted octanol–water partition coefficient (Wildman–Crippen LogP) is 2.94. The number of hydrogen-bond acceptors (Lipinski definition) is 2. The van der Waals surface area contributed by atoms with Gasteiger partial charge in [0.25, 0.3) is 0 Å². The van der Waals surface area contributed by atoms with Crippen LogP contribution in [0, 0.1) is 18.7 Å². The van der Waals surface area contributed by atoms with Crippen molar-refractivity contribution in [3.63, 3.8) is 0 Å². The van der Waals surface area contributed by atoms with Crippen LogP contribution in [-0.4, -0.2) is 18.3 Å². The van der Waals surface area contributed by atoms with Crippen LogP contribution in [0.2, 0.25) is 0 Å². The van der Waals surface area contributed by atoms with Crippen molar-refractivity contribution in [2.24, 2.45) is 5.92 Å². The summed E-state index contributed by atoms with van der Waals surface area (Å²) in [4.78, 5) is 0. The van der Waals surface area contributed by atoms with Crippen molar-refractivity contribution in [1.82, 2.24) is 0 Å². The second-order valence-electron chi connectivity index (χ2n) is 3.75. The van der Waals surface area contributed by atoms with E-state index in [2.05, 4.69) is 21.2 Å². The highest BCUT2D eigenvalue weighted by Gasteiger charge is 2.06. The number of benzene rings is 1. The zero-order valence-electron chi connectivity index (χ0n) is 8.85. The van der Waals surface area contributed by atoms with E-state index in [4.69, 9.17) is 5.11 Å². The summed E-state index contributed by atoms with van der Waals surface area (Å²) in [5, 5.41) is 12.0. The molecule has 1 aromatic rings. The number of rotatable bonds is 4. The van der Waals surface area contributed by atoms with Gasteiger partial charge in [0, 0.05) is 18.8 Å². The Bertz CT molecular complexity index is 344. The van der Waals surface area contributed by atoms with Crippen LogP contribution in [0.5, 0.6) is 0 Å². The SMILES string of the molecule is Cc1cc(Br)c(F)cc1NCC(C)CO. The maximum Gasteiger partial charge on any atom is 0.139 e. The van der Waals surface area contributed by atoms with Crippen LogP contribution in [0.15, 0.2) is 16.6 Å². The molecule has 1 atom stereocenters. The summed E-state index contributed by atoms with van der Waals surface area (Å²) in [7, 11) is 0. The van der Waals surface area contributed by atoms with Crippen LogP contribution in [-0.2, 0) is 0 Å². The molecule has 15 heavy (non-hydrogen) atoms. The second-order valence-corrected chi connectivity index (χ2v) is 4.60. The molecule has 0 spiro atoms. The van der Waals surface area contributed by atoms with Gasteiger partial charge in [-0.25, -0.2) is 4.39 Å². The lowest BCUT2D eigenvalue weighted by atomic mass is 10.1. The summed E-state index contributed by atoms with van der Waals surface area (Å²) in [5.41, 5.74) is 1.75. The first kappa shape index (κ1) is 12.5. The Labute approximate surface area is 97.6 Å². The van der Waals surface area contributed by atoms with Crippen molar-refractivity contribution < 1.29 is 9.50 Å². The highest BCUT2D eigenvalue weighted by atomic mass is 79.9. The fourth-order valence-corrected chi connectivity index (χ4v) is 1.64. The first-order valence-corrected chi connectivity index (χ1v) is 5.64. The lowest BCUT2D eigenvalue weighted by Crippen LogP contribution is -2.15. The van der Waals surface area contributed by atoms with Gasteiger partial charge in [-0.15, -0.1) is 0 Å². The molecule has 84 valence electrons. The lowest BCUT2D eigenvalue weighted by molar-refractivity contribution is 0.244. The minimum atomic E-state index is -0.278. The van der Waals surface area contributed by atoms with Crippen LogP contribution in [0.3, 0.4) is 0 Å². The van der Waals surface area contributed by atoms with E-state index >= 15 is 0 Å². The van der Waals surface area contributed by atoms with Gasteiger partial charge in [-0.3, -0.25) is 0 Å². The summed E-state index contributed by atoms with van der Waals surface area (Å²) in [6, 6.07) is 3.20. The highest BCUT2D eigenvalue weighted by molar-refractivity contribution is 9.10. The van der Waals surface area contributed by atoms with E-state index in [9.17, 15) is 4.39 Å². The predicted molar refractivity (Wildman–Crippen MR) is 63.6 cm³/mol. The Morgan fingerprint density at radius 1 is 1.53 bits per heavy atom. The van der Waals surface area contributed by atoms with E-state index < -0.39 is 0 Å². The van der Waals surface area contributed by atoms with Gasteiger partial charge in [0.2, 0.25) is 0 Å². The Hall–Kier alpha value is -0.610. The molecule has 0 amide bonds. The van der Waals surface area contributed by atoms with E-state index in [-0.39, 0.29) is 18.3 Å². The molecular weight excluding hydrogens is 261 g/mol. The smallest absolute Gasteiger partial charge is 0.139 e. The van der Waals surface area contributed by atoms with Gasteiger partial charge in [-0.05, 0) is 46.5 Å². The van der Waals surface area contributed by atoms with E-state index in [1.54, 1.807) is 6.07 Å². The first-order valence-electron chi connectivity index (χ1n) is 4.85. The molecule has 1 rings (SSSR count). The van der Waals surface area contributed by atoms with Gasteiger partial charge in [-0.1, -0.05) is 6.92 Å². The summed E-state index contributed by atoms with van der Waals surface area (Å²) in [6.45, 7) is 4.61. The second kappa shape index (κ2) is 5.47. The van der Waals surface area contributed by atoms with Crippen LogP contribution in [0.25, 0.3) is 0 Å². The molecule has 1 aromatic carbocycles. The summed E-state index contributed by atoms with van der Waals surface area (Å²) >= 11 is 3.13. The van der Waals surface area contributed by atoms with Crippen LogP contribution >= 0.6 is 15.9 Å². The minimum Gasteiger partial charge on any atom is -0.396 e. The average Bonchev–Trinajstić information content (AvgIpc) is 2.21.